The summed E-state index contributed by atoms with van der Waals surface area (Å²) in [5.41, 5.74) is 2.94. The van der Waals surface area contributed by atoms with Gasteiger partial charge in [0.15, 0.2) is 0 Å². The van der Waals surface area contributed by atoms with Gasteiger partial charge < -0.3 is 9.57 Å². The average Bonchev–Trinajstić information content (AvgIpc) is 3.08. The van der Waals surface area contributed by atoms with E-state index in [1.54, 1.807) is 7.11 Å². The van der Waals surface area contributed by atoms with Crippen LogP contribution in [0.3, 0.4) is 0 Å². The Morgan fingerprint density at radius 3 is 2.37 bits per heavy atom. The predicted molar refractivity (Wildman–Crippen MR) is 123 cm³/mol. The van der Waals surface area contributed by atoms with Crippen molar-refractivity contribution in [3.8, 4) is 5.75 Å². The first kappa shape index (κ1) is 20.4. The van der Waals surface area contributed by atoms with E-state index in [9.17, 15) is 0 Å². The van der Waals surface area contributed by atoms with Crippen LogP contribution < -0.4 is 4.74 Å². The highest BCUT2D eigenvalue weighted by atomic mass is 16.6. The van der Waals surface area contributed by atoms with Gasteiger partial charge in [0.2, 0.25) is 0 Å². The molecule has 0 unspecified atom stereocenters. The Balaban J connectivity index is 1.59. The van der Waals surface area contributed by atoms with Crippen molar-refractivity contribution in [1.29, 1.82) is 0 Å². The van der Waals surface area contributed by atoms with Gasteiger partial charge in [-0.2, -0.15) is 0 Å². The Morgan fingerprint density at radius 1 is 0.867 bits per heavy atom. The molecule has 1 fully saturated rings. The third kappa shape index (κ3) is 5.00. The number of rotatable bonds is 7. The van der Waals surface area contributed by atoms with Gasteiger partial charge in [0, 0.05) is 17.7 Å². The summed E-state index contributed by atoms with van der Waals surface area (Å²) in [6, 6.07) is 22.7. The molecule has 4 nitrogen and oxygen atoms in total. The average molecular weight is 403 g/mol. The zero-order chi connectivity index (χ0) is 20.6. The molecule has 0 N–H and O–H groups in total. The van der Waals surface area contributed by atoms with Crippen molar-refractivity contribution in [3.63, 3.8) is 0 Å². The van der Waals surface area contributed by atoms with Gasteiger partial charge >= 0.3 is 0 Å². The van der Waals surface area contributed by atoms with Gasteiger partial charge in [0.1, 0.15) is 18.1 Å². The first-order chi connectivity index (χ1) is 14.8. The summed E-state index contributed by atoms with van der Waals surface area (Å²) in [7, 11) is 1.68. The molecule has 0 spiro atoms. The summed E-state index contributed by atoms with van der Waals surface area (Å²) in [6.07, 6.45) is 5.27. The predicted octanol–water partition coefficient (Wildman–Crippen LogP) is 5.49. The Bertz CT molecular complexity index is 968. The molecule has 1 aliphatic heterocycles. The molecule has 1 heterocycles. The van der Waals surface area contributed by atoms with E-state index < -0.39 is 0 Å². The van der Waals surface area contributed by atoms with E-state index in [0.29, 0.717) is 6.61 Å². The Hall–Kier alpha value is -2.85. The molecule has 0 saturated carbocycles. The molecule has 1 aliphatic rings. The van der Waals surface area contributed by atoms with Crippen molar-refractivity contribution in [1.82, 2.24) is 4.90 Å². The monoisotopic (exact) mass is 402 g/mol. The fourth-order valence-electron chi connectivity index (χ4n) is 4.08. The molecule has 0 bridgehead atoms. The third-order valence-electron chi connectivity index (χ3n) is 5.76. The van der Waals surface area contributed by atoms with Crippen molar-refractivity contribution in [3.05, 3.63) is 77.9 Å². The standard InChI is InChI=1S/C26H30N2O2/c1-29-23-15-13-22(14-16-23)26(25-12-8-10-21-9-4-5-11-24(21)25)27-30-20-19-28-17-6-2-3-7-18-28/h4-5,8-16H,2-3,6-7,17-20H2,1H3/b27-26+. The number of oxime groups is 1. The van der Waals surface area contributed by atoms with Gasteiger partial charge in [-0.3, -0.25) is 4.90 Å². The number of methoxy groups -OCH3 is 1. The Kier molecular flexibility index (Phi) is 6.99. The maximum Gasteiger partial charge on any atom is 0.129 e. The first-order valence-corrected chi connectivity index (χ1v) is 10.9. The molecule has 4 rings (SSSR count). The van der Waals surface area contributed by atoms with Crippen LogP contribution in [0.4, 0.5) is 0 Å². The Morgan fingerprint density at radius 2 is 1.60 bits per heavy atom. The molecule has 3 aromatic carbocycles. The molecular weight excluding hydrogens is 372 g/mol. The number of hydrogen-bond donors (Lipinski definition) is 0. The minimum Gasteiger partial charge on any atom is -0.497 e. The number of benzene rings is 3. The zero-order valence-electron chi connectivity index (χ0n) is 17.7. The van der Waals surface area contributed by atoms with Crippen LogP contribution in [0.15, 0.2) is 71.9 Å². The largest absolute Gasteiger partial charge is 0.497 e. The van der Waals surface area contributed by atoms with Crippen LogP contribution in [0, 0.1) is 0 Å². The topological polar surface area (TPSA) is 34.1 Å². The number of nitrogens with zero attached hydrogens (tertiary/aromatic N) is 2. The quantitative estimate of drug-likeness (QED) is 0.298. The fraction of sp³-hybridized carbons (Fsp3) is 0.346. The molecule has 1 saturated heterocycles. The lowest BCUT2D eigenvalue weighted by Crippen LogP contribution is -2.28. The maximum atomic E-state index is 5.87. The van der Waals surface area contributed by atoms with Crippen LogP contribution in [-0.4, -0.2) is 44.0 Å². The minimum atomic E-state index is 0.602. The second-order valence-electron chi connectivity index (χ2n) is 7.78. The van der Waals surface area contributed by atoms with E-state index >= 15 is 0 Å². The summed E-state index contributed by atoms with van der Waals surface area (Å²) in [6.45, 7) is 3.86. The second kappa shape index (κ2) is 10.3. The van der Waals surface area contributed by atoms with E-state index in [2.05, 4.69) is 52.5 Å². The smallest absolute Gasteiger partial charge is 0.129 e. The van der Waals surface area contributed by atoms with E-state index in [4.69, 9.17) is 9.57 Å². The summed E-state index contributed by atoms with van der Waals surface area (Å²) >= 11 is 0. The molecule has 4 heteroatoms. The molecule has 0 aliphatic carbocycles. The highest BCUT2D eigenvalue weighted by molar-refractivity contribution is 6.19. The molecule has 30 heavy (non-hydrogen) atoms. The van der Waals surface area contributed by atoms with Crippen LogP contribution >= 0.6 is 0 Å². The lowest BCUT2D eigenvalue weighted by Gasteiger charge is -2.18. The van der Waals surface area contributed by atoms with Crippen LogP contribution in [0.2, 0.25) is 0 Å². The van der Waals surface area contributed by atoms with Crippen molar-refractivity contribution in [2.45, 2.75) is 25.7 Å². The van der Waals surface area contributed by atoms with Crippen molar-refractivity contribution < 1.29 is 9.57 Å². The van der Waals surface area contributed by atoms with E-state index in [1.165, 1.54) is 49.5 Å². The lowest BCUT2D eigenvalue weighted by molar-refractivity contribution is 0.112. The van der Waals surface area contributed by atoms with Gasteiger partial charge in [0.25, 0.3) is 0 Å². The summed E-state index contributed by atoms with van der Waals surface area (Å²) in [4.78, 5) is 8.36. The minimum absolute atomic E-state index is 0.602. The van der Waals surface area contributed by atoms with Crippen molar-refractivity contribution in [2.75, 3.05) is 33.4 Å². The van der Waals surface area contributed by atoms with Gasteiger partial charge in [0.05, 0.1) is 7.11 Å². The zero-order valence-corrected chi connectivity index (χ0v) is 17.7. The number of likely N-dealkylation sites (tertiary alicyclic amines) is 1. The molecule has 0 aromatic heterocycles. The second-order valence-corrected chi connectivity index (χ2v) is 7.78. The van der Waals surface area contributed by atoms with E-state index in [1.807, 2.05) is 24.3 Å². The van der Waals surface area contributed by atoms with E-state index in [0.717, 1.165) is 29.1 Å². The maximum absolute atomic E-state index is 5.87. The molecular formula is C26H30N2O2. The van der Waals surface area contributed by atoms with Crippen LogP contribution in [-0.2, 0) is 4.84 Å². The molecule has 0 amide bonds. The summed E-state index contributed by atoms with van der Waals surface area (Å²) in [5.74, 6) is 0.832. The van der Waals surface area contributed by atoms with E-state index in [-0.39, 0.29) is 0 Å². The summed E-state index contributed by atoms with van der Waals surface area (Å²) < 4.78 is 5.32. The number of hydrogen-bond acceptors (Lipinski definition) is 4. The third-order valence-corrected chi connectivity index (χ3v) is 5.76. The van der Waals surface area contributed by atoms with Crippen LogP contribution in [0.25, 0.3) is 10.8 Å². The van der Waals surface area contributed by atoms with Crippen LogP contribution in [0.5, 0.6) is 5.75 Å². The Labute approximate surface area is 179 Å². The fourth-order valence-corrected chi connectivity index (χ4v) is 4.08. The molecule has 3 aromatic rings. The van der Waals surface area contributed by atoms with Gasteiger partial charge in [-0.15, -0.1) is 0 Å². The normalized spacial score (nSPS) is 15.7. The van der Waals surface area contributed by atoms with Gasteiger partial charge in [-0.25, -0.2) is 0 Å². The number of ether oxygens (including phenoxy) is 1. The van der Waals surface area contributed by atoms with Crippen molar-refractivity contribution >= 4 is 16.5 Å². The first-order valence-electron chi connectivity index (χ1n) is 10.9. The van der Waals surface area contributed by atoms with Gasteiger partial charge in [-0.05, 0) is 61.0 Å². The highest BCUT2D eigenvalue weighted by Crippen LogP contribution is 2.23. The molecule has 0 radical (unpaired) electrons. The molecule has 156 valence electrons. The highest BCUT2D eigenvalue weighted by Gasteiger charge is 2.13. The number of fused-ring (bicyclic) bond motifs is 1. The van der Waals surface area contributed by atoms with Gasteiger partial charge in [-0.1, -0.05) is 60.5 Å². The molecule has 0 atom stereocenters. The lowest BCUT2D eigenvalue weighted by atomic mass is 9.96. The summed E-state index contributed by atoms with van der Waals surface area (Å²) in [5, 5.41) is 6.99. The van der Waals surface area contributed by atoms with Crippen molar-refractivity contribution in [2.24, 2.45) is 5.16 Å². The van der Waals surface area contributed by atoms with Crippen LogP contribution in [0.1, 0.15) is 36.8 Å². The SMILES string of the molecule is COc1ccc(/C(=N\OCCN2CCCCCC2)c2cccc3ccccc23)cc1.